The van der Waals surface area contributed by atoms with Crippen molar-refractivity contribution >= 4 is 0 Å². The van der Waals surface area contributed by atoms with E-state index in [4.69, 9.17) is 0 Å². The minimum atomic E-state index is 0.236. The molecule has 1 aliphatic rings. The van der Waals surface area contributed by atoms with Crippen LogP contribution in [-0.2, 0) is 6.54 Å². The zero-order valence-electron chi connectivity index (χ0n) is 12.7. The summed E-state index contributed by atoms with van der Waals surface area (Å²) >= 11 is 0. The Labute approximate surface area is 117 Å². The molecular weight excluding hydrogens is 234 g/mol. The van der Waals surface area contributed by atoms with E-state index in [1.165, 1.54) is 5.69 Å². The van der Waals surface area contributed by atoms with Crippen molar-refractivity contribution in [2.45, 2.75) is 52.2 Å². The largest absolute Gasteiger partial charge is 0.309 e. The molecule has 0 aliphatic carbocycles. The molecule has 0 radical (unpaired) electrons. The molecular formula is C16H27N3. The molecule has 2 heterocycles. The maximum Gasteiger partial charge on any atom is 0.0544 e. The fourth-order valence-electron chi connectivity index (χ4n) is 2.87. The average molecular weight is 261 g/mol. The molecule has 1 fully saturated rings. The van der Waals surface area contributed by atoms with Crippen LogP contribution < -0.4 is 5.32 Å². The van der Waals surface area contributed by atoms with Gasteiger partial charge in [-0.3, -0.25) is 9.88 Å². The monoisotopic (exact) mass is 261 g/mol. The summed E-state index contributed by atoms with van der Waals surface area (Å²) in [5.41, 5.74) is 1.41. The molecule has 0 saturated carbocycles. The normalized spacial score (nSPS) is 28.8. The van der Waals surface area contributed by atoms with Crippen LogP contribution in [0.15, 0.2) is 24.4 Å². The molecule has 1 N–H and O–H groups in total. The molecule has 0 bridgehead atoms. The zero-order chi connectivity index (χ0) is 13.9. The van der Waals surface area contributed by atoms with Crippen LogP contribution in [0.2, 0.25) is 0 Å². The molecule has 106 valence electrons. The van der Waals surface area contributed by atoms with Crippen molar-refractivity contribution in [2.75, 3.05) is 13.1 Å². The smallest absolute Gasteiger partial charge is 0.0544 e. The second kappa shape index (κ2) is 6.02. The Morgan fingerprint density at radius 3 is 2.84 bits per heavy atom. The average Bonchev–Trinajstić information content (AvgIpc) is 2.40. The molecule has 2 unspecified atom stereocenters. The predicted molar refractivity (Wildman–Crippen MR) is 80.0 cm³/mol. The highest BCUT2D eigenvalue weighted by Crippen LogP contribution is 2.24. The number of nitrogens with one attached hydrogen (secondary N) is 1. The van der Waals surface area contributed by atoms with Crippen LogP contribution in [0.4, 0.5) is 0 Å². The van der Waals surface area contributed by atoms with Crippen molar-refractivity contribution in [2.24, 2.45) is 5.92 Å². The van der Waals surface area contributed by atoms with Crippen LogP contribution in [-0.4, -0.2) is 34.6 Å². The van der Waals surface area contributed by atoms with Crippen LogP contribution >= 0.6 is 0 Å². The molecule has 3 heteroatoms. The van der Waals surface area contributed by atoms with Gasteiger partial charge in [-0.1, -0.05) is 26.8 Å². The SMILES string of the molecule is CCC1(C)CN(Cc2ccccn2)C(C(C)C)CN1. The number of hydrogen-bond acceptors (Lipinski definition) is 3. The van der Waals surface area contributed by atoms with E-state index in [0.717, 1.165) is 26.1 Å². The quantitative estimate of drug-likeness (QED) is 0.903. The third-order valence-electron chi connectivity index (χ3n) is 4.40. The lowest BCUT2D eigenvalue weighted by Crippen LogP contribution is -2.63. The van der Waals surface area contributed by atoms with Crippen molar-refractivity contribution in [1.29, 1.82) is 0 Å². The maximum atomic E-state index is 4.48. The Kier molecular flexibility index (Phi) is 4.58. The lowest BCUT2D eigenvalue weighted by atomic mass is 9.90. The molecule has 0 aromatic carbocycles. The molecule has 19 heavy (non-hydrogen) atoms. The molecule has 0 amide bonds. The Bertz CT molecular complexity index is 390. The summed E-state index contributed by atoms with van der Waals surface area (Å²) in [6.45, 7) is 12.4. The van der Waals surface area contributed by atoms with Crippen molar-refractivity contribution < 1.29 is 0 Å². The second-order valence-electron chi connectivity index (χ2n) is 6.33. The fraction of sp³-hybridized carbons (Fsp3) is 0.688. The van der Waals surface area contributed by atoms with E-state index in [1.54, 1.807) is 0 Å². The van der Waals surface area contributed by atoms with Crippen LogP contribution in [0.25, 0.3) is 0 Å². The van der Waals surface area contributed by atoms with Gasteiger partial charge < -0.3 is 5.32 Å². The Balaban J connectivity index is 2.12. The minimum absolute atomic E-state index is 0.236. The number of piperazine rings is 1. The third kappa shape index (κ3) is 3.54. The van der Waals surface area contributed by atoms with Gasteiger partial charge in [0.2, 0.25) is 0 Å². The third-order valence-corrected chi connectivity index (χ3v) is 4.40. The van der Waals surface area contributed by atoms with Gasteiger partial charge in [-0.2, -0.15) is 0 Å². The van der Waals surface area contributed by atoms with E-state index in [-0.39, 0.29) is 5.54 Å². The first-order valence-corrected chi connectivity index (χ1v) is 7.43. The Morgan fingerprint density at radius 1 is 1.47 bits per heavy atom. The van der Waals surface area contributed by atoms with Gasteiger partial charge in [-0.15, -0.1) is 0 Å². The van der Waals surface area contributed by atoms with Gasteiger partial charge in [0.25, 0.3) is 0 Å². The highest BCUT2D eigenvalue weighted by molar-refractivity contribution is 5.05. The summed E-state index contributed by atoms with van der Waals surface area (Å²) in [7, 11) is 0. The standard InChI is InChI=1S/C16H27N3/c1-5-16(4)12-19(15(10-18-16)13(2)3)11-14-8-6-7-9-17-14/h6-9,13,15,18H,5,10-12H2,1-4H3. The lowest BCUT2D eigenvalue weighted by Gasteiger charge is -2.47. The molecule has 0 spiro atoms. The van der Waals surface area contributed by atoms with Crippen LogP contribution in [0.1, 0.15) is 39.8 Å². The lowest BCUT2D eigenvalue weighted by molar-refractivity contribution is 0.0529. The van der Waals surface area contributed by atoms with Gasteiger partial charge in [0.05, 0.1) is 5.69 Å². The summed E-state index contributed by atoms with van der Waals surface area (Å²) in [6, 6.07) is 6.79. The molecule has 2 rings (SSSR count). The zero-order valence-corrected chi connectivity index (χ0v) is 12.7. The molecule has 1 aromatic rings. The summed E-state index contributed by atoms with van der Waals surface area (Å²) in [5.74, 6) is 0.664. The maximum absolute atomic E-state index is 4.48. The first kappa shape index (κ1) is 14.5. The first-order valence-electron chi connectivity index (χ1n) is 7.43. The summed E-state index contributed by atoms with van der Waals surface area (Å²) in [6.07, 6.45) is 3.05. The summed E-state index contributed by atoms with van der Waals surface area (Å²) in [4.78, 5) is 7.08. The van der Waals surface area contributed by atoms with Crippen molar-refractivity contribution in [3.8, 4) is 0 Å². The van der Waals surface area contributed by atoms with E-state index in [9.17, 15) is 0 Å². The van der Waals surface area contributed by atoms with E-state index in [0.29, 0.717) is 12.0 Å². The van der Waals surface area contributed by atoms with Crippen molar-refractivity contribution in [3.63, 3.8) is 0 Å². The van der Waals surface area contributed by atoms with Crippen molar-refractivity contribution in [3.05, 3.63) is 30.1 Å². The number of rotatable bonds is 4. The summed E-state index contributed by atoms with van der Waals surface area (Å²) < 4.78 is 0. The van der Waals surface area contributed by atoms with Gasteiger partial charge in [0.15, 0.2) is 0 Å². The van der Waals surface area contributed by atoms with Crippen molar-refractivity contribution in [1.82, 2.24) is 15.2 Å². The van der Waals surface area contributed by atoms with Crippen LogP contribution in [0.3, 0.4) is 0 Å². The molecule has 1 saturated heterocycles. The van der Waals surface area contributed by atoms with Crippen LogP contribution in [0, 0.1) is 5.92 Å². The number of hydrogen-bond donors (Lipinski definition) is 1. The van der Waals surface area contributed by atoms with Gasteiger partial charge in [-0.25, -0.2) is 0 Å². The topological polar surface area (TPSA) is 28.2 Å². The van der Waals surface area contributed by atoms with E-state index >= 15 is 0 Å². The predicted octanol–water partition coefficient (Wildman–Crippen LogP) is 2.68. The molecule has 2 atom stereocenters. The second-order valence-corrected chi connectivity index (χ2v) is 6.33. The molecule has 3 nitrogen and oxygen atoms in total. The Hall–Kier alpha value is -0.930. The van der Waals surface area contributed by atoms with Gasteiger partial charge >= 0.3 is 0 Å². The van der Waals surface area contributed by atoms with Crippen LogP contribution in [0.5, 0.6) is 0 Å². The first-order chi connectivity index (χ1) is 9.04. The van der Waals surface area contributed by atoms with E-state index in [2.05, 4.69) is 55.0 Å². The summed E-state index contributed by atoms with van der Waals surface area (Å²) in [5, 5.41) is 3.73. The molecule has 1 aliphatic heterocycles. The number of aromatic nitrogens is 1. The van der Waals surface area contributed by atoms with E-state index < -0.39 is 0 Å². The van der Waals surface area contributed by atoms with Gasteiger partial charge in [0.1, 0.15) is 0 Å². The fourth-order valence-corrected chi connectivity index (χ4v) is 2.87. The van der Waals surface area contributed by atoms with E-state index in [1.807, 2.05) is 12.3 Å². The van der Waals surface area contributed by atoms with Gasteiger partial charge in [0, 0.05) is 37.4 Å². The number of nitrogens with zero attached hydrogens (tertiary/aromatic N) is 2. The highest BCUT2D eigenvalue weighted by Gasteiger charge is 2.35. The minimum Gasteiger partial charge on any atom is -0.309 e. The number of pyridine rings is 1. The van der Waals surface area contributed by atoms with Gasteiger partial charge in [-0.05, 0) is 31.4 Å². The highest BCUT2D eigenvalue weighted by atomic mass is 15.3. The molecule has 1 aromatic heterocycles. The Morgan fingerprint density at radius 2 is 2.26 bits per heavy atom.